The molecule has 0 atom stereocenters. The van der Waals surface area contributed by atoms with E-state index in [-0.39, 0.29) is 0 Å². The molecule has 0 bridgehead atoms. The molecule has 0 amide bonds. The minimum Gasteiger partial charge on any atom is -0.496 e. The lowest BCUT2D eigenvalue weighted by Gasteiger charge is -2.09. The Bertz CT molecular complexity index is 421. The van der Waals surface area contributed by atoms with Crippen LogP contribution in [0.3, 0.4) is 0 Å². The van der Waals surface area contributed by atoms with Crippen LogP contribution in [0, 0.1) is 6.92 Å². The average molecular weight is 188 g/mol. The van der Waals surface area contributed by atoms with Crippen LogP contribution in [0.1, 0.15) is 5.56 Å². The number of nitrogens with one attached hydrogen (secondary N) is 1. The normalized spacial score (nSPS) is 10.1. The van der Waals surface area contributed by atoms with Gasteiger partial charge in [0.15, 0.2) is 0 Å². The highest BCUT2D eigenvalue weighted by molar-refractivity contribution is 5.68. The summed E-state index contributed by atoms with van der Waals surface area (Å²) in [5, 5.41) is 0. The molecule has 3 heteroatoms. The zero-order valence-corrected chi connectivity index (χ0v) is 8.24. The van der Waals surface area contributed by atoms with E-state index in [2.05, 4.69) is 9.97 Å². The lowest BCUT2D eigenvalue weighted by atomic mass is 10.1. The molecule has 1 aromatic carbocycles. The quantitative estimate of drug-likeness (QED) is 0.785. The Labute approximate surface area is 82.8 Å². The number of nitrogens with zero attached hydrogens (tertiary/aromatic N) is 1. The third-order valence-electron chi connectivity index (χ3n) is 2.20. The van der Waals surface area contributed by atoms with Gasteiger partial charge < -0.3 is 9.72 Å². The van der Waals surface area contributed by atoms with Crippen LogP contribution < -0.4 is 4.74 Å². The van der Waals surface area contributed by atoms with Crippen molar-refractivity contribution >= 4 is 0 Å². The van der Waals surface area contributed by atoms with Gasteiger partial charge >= 0.3 is 0 Å². The Morgan fingerprint density at radius 1 is 1.36 bits per heavy atom. The van der Waals surface area contributed by atoms with E-state index >= 15 is 0 Å². The van der Waals surface area contributed by atoms with E-state index in [0.717, 1.165) is 22.6 Å². The maximum Gasteiger partial charge on any atom is 0.131 e. The SMILES string of the molecule is COc1c(C)cccc1-c1cnc[nH]1. The van der Waals surface area contributed by atoms with Gasteiger partial charge in [-0.25, -0.2) is 4.98 Å². The predicted octanol–water partition coefficient (Wildman–Crippen LogP) is 2.39. The third-order valence-corrected chi connectivity index (χ3v) is 2.20. The fourth-order valence-electron chi connectivity index (χ4n) is 1.54. The molecule has 0 saturated carbocycles. The van der Waals surface area contributed by atoms with Crippen LogP contribution in [-0.4, -0.2) is 17.1 Å². The Kier molecular flexibility index (Phi) is 2.23. The van der Waals surface area contributed by atoms with E-state index in [4.69, 9.17) is 4.74 Å². The first kappa shape index (κ1) is 8.81. The number of rotatable bonds is 2. The van der Waals surface area contributed by atoms with E-state index < -0.39 is 0 Å². The zero-order chi connectivity index (χ0) is 9.97. The minimum absolute atomic E-state index is 0.900. The van der Waals surface area contributed by atoms with Crippen LogP contribution >= 0.6 is 0 Å². The van der Waals surface area contributed by atoms with Crippen molar-refractivity contribution in [2.24, 2.45) is 0 Å². The summed E-state index contributed by atoms with van der Waals surface area (Å²) in [5.41, 5.74) is 3.15. The van der Waals surface area contributed by atoms with Gasteiger partial charge in [-0.1, -0.05) is 12.1 Å². The second-order valence-electron chi connectivity index (χ2n) is 3.12. The Balaban J connectivity index is 2.58. The molecule has 0 spiro atoms. The molecule has 2 rings (SSSR count). The molecule has 2 aromatic rings. The number of para-hydroxylation sites is 1. The number of aromatic amines is 1. The number of imidazole rings is 1. The highest BCUT2D eigenvalue weighted by Gasteiger charge is 2.08. The topological polar surface area (TPSA) is 37.9 Å². The van der Waals surface area contributed by atoms with Crippen LogP contribution in [-0.2, 0) is 0 Å². The summed E-state index contributed by atoms with van der Waals surface area (Å²) in [6, 6.07) is 6.05. The zero-order valence-electron chi connectivity index (χ0n) is 8.24. The van der Waals surface area contributed by atoms with Crippen molar-refractivity contribution in [1.29, 1.82) is 0 Å². The second-order valence-corrected chi connectivity index (χ2v) is 3.12. The summed E-state index contributed by atoms with van der Waals surface area (Å²) < 4.78 is 5.35. The molecular weight excluding hydrogens is 176 g/mol. The molecule has 3 nitrogen and oxygen atoms in total. The van der Waals surface area contributed by atoms with Gasteiger partial charge in [-0.15, -0.1) is 0 Å². The molecule has 0 unspecified atom stereocenters. The van der Waals surface area contributed by atoms with Crippen molar-refractivity contribution in [3.8, 4) is 17.0 Å². The molecule has 1 aromatic heterocycles. The van der Waals surface area contributed by atoms with Crippen molar-refractivity contribution < 1.29 is 4.74 Å². The number of aryl methyl sites for hydroxylation is 1. The third kappa shape index (κ3) is 1.37. The molecule has 0 saturated heterocycles. The van der Waals surface area contributed by atoms with E-state index in [1.807, 2.05) is 25.1 Å². The van der Waals surface area contributed by atoms with Gasteiger partial charge in [0.1, 0.15) is 5.75 Å². The molecule has 0 fully saturated rings. The summed E-state index contributed by atoms with van der Waals surface area (Å²) in [6.45, 7) is 2.03. The monoisotopic (exact) mass is 188 g/mol. The van der Waals surface area contributed by atoms with Gasteiger partial charge in [-0.2, -0.15) is 0 Å². The van der Waals surface area contributed by atoms with Gasteiger partial charge in [0, 0.05) is 5.56 Å². The highest BCUT2D eigenvalue weighted by Crippen LogP contribution is 2.30. The maximum absolute atomic E-state index is 5.35. The molecular formula is C11H12N2O. The standard InChI is InChI=1S/C11H12N2O/c1-8-4-3-5-9(11(8)14-2)10-6-12-7-13-10/h3-7H,1-2H3,(H,12,13). The molecule has 0 aliphatic rings. The molecule has 14 heavy (non-hydrogen) atoms. The Morgan fingerprint density at radius 2 is 2.21 bits per heavy atom. The fourth-order valence-corrected chi connectivity index (χ4v) is 1.54. The number of methoxy groups -OCH3 is 1. The largest absolute Gasteiger partial charge is 0.496 e. The molecule has 0 aliphatic heterocycles. The number of aromatic nitrogens is 2. The number of benzene rings is 1. The summed E-state index contributed by atoms with van der Waals surface area (Å²) in [6.07, 6.45) is 3.45. The van der Waals surface area contributed by atoms with Gasteiger partial charge in [0.2, 0.25) is 0 Å². The summed E-state index contributed by atoms with van der Waals surface area (Å²) in [5.74, 6) is 0.900. The summed E-state index contributed by atoms with van der Waals surface area (Å²) in [7, 11) is 1.68. The summed E-state index contributed by atoms with van der Waals surface area (Å²) in [4.78, 5) is 7.06. The smallest absolute Gasteiger partial charge is 0.131 e. The Morgan fingerprint density at radius 3 is 2.86 bits per heavy atom. The van der Waals surface area contributed by atoms with E-state index in [1.165, 1.54) is 0 Å². The van der Waals surface area contributed by atoms with Crippen molar-refractivity contribution in [1.82, 2.24) is 9.97 Å². The maximum atomic E-state index is 5.35. The number of hydrogen-bond donors (Lipinski definition) is 1. The van der Waals surface area contributed by atoms with Crippen LogP contribution in [0.15, 0.2) is 30.7 Å². The molecule has 1 heterocycles. The second kappa shape index (κ2) is 3.54. The Hall–Kier alpha value is -1.77. The van der Waals surface area contributed by atoms with Crippen molar-refractivity contribution in [3.05, 3.63) is 36.3 Å². The van der Waals surface area contributed by atoms with E-state index in [9.17, 15) is 0 Å². The van der Waals surface area contributed by atoms with Gasteiger partial charge in [-0.3, -0.25) is 0 Å². The van der Waals surface area contributed by atoms with Gasteiger partial charge in [-0.05, 0) is 18.6 Å². The molecule has 0 radical (unpaired) electrons. The van der Waals surface area contributed by atoms with Crippen LogP contribution in [0.2, 0.25) is 0 Å². The summed E-state index contributed by atoms with van der Waals surface area (Å²) >= 11 is 0. The number of ether oxygens (including phenoxy) is 1. The molecule has 72 valence electrons. The first-order valence-corrected chi connectivity index (χ1v) is 4.45. The van der Waals surface area contributed by atoms with E-state index in [1.54, 1.807) is 19.6 Å². The van der Waals surface area contributed by atoms with Crippen molar-refractivity contribution in [2.75, 3.05) is 7.11 Å². The van der Waals surface area contributed by atoms with Crippen LogP contribution in [0.5, 0.6) is 5.75 Å². The fraction of sp³-hybridized carbons (Fsp3) is 0.182. The molecule has 1 N–H and O–H groups in total. The van der Waals surface area contributed by atoms with Crippen molar-refractivity contribution in [2.45, 2.75) is 6.92 Å². The minimum atomic E-state index is 0.900. The lowest BCUT2D eigenvalue weighted by molar-refractivity contribution is 0.413. The predicted molar refractivity (Wildman–Crippen MR) is 55.3 cm³/mol. The van der Waals surface area contributed by atoms with Crippen LogP contribution in [0.25, 0.3) is 11.3 Å². The first-order chi connectivity index (χ1) is 6.83. The average Bonchev–Trinajstić information content (AvgIpc) is 2.70. The van der Waals surface area contributed by atoms with Crippen molar-refractivity contribution in [3.63, 3.8) is 0 Å². The highest BCUT2D eigenvalue weighted by atomic mass is 16.5. The van der Waals surface area contributed by atoms with E-state index in [0.29, 0.717) is 0 Å². The van der Waals surface area contributed by atoms with Crippen LogP contribution in [0.4, 0.5) is 0 Å². The lowest BCUT2D eigenvalue weighted by Crippen LogP contribution is -1.90. The number of H-pyrrole nitrogens is 1. The number of hydrogen-bond acceptors (Lipinski definition) is 2. The molecule has 0 aliphatic carbocycles. The first-order valence-electron chi connectivity index (χ1n) is 4.45. The van der Waals surface area contributed by atoms with Gasteiger partial charge in [0.25, 0.3) is 0 Å². The van der Waals surface area contributed by atoms with Gasteiger partial charge in [0.05, 0.1) is 25.3 Å².